The van der Waals surface area contributed by atoms with Crippen LogP contribution in [-0.2, 0) is 4.74 Å². The number of amides is 2. The van der Waals surface area contributed by atoms with E-state index in [9.17, 15) is 4.79 Å². The zero-order valence-electron chi connectivity index (χ0n) is 12.1. The van der Waals surface area contributed by atoms with Gasteiger partial charge in [0, 0.05) is 18.7 Å². The van der Waals surface area contributed by atoms with Crippen LogP contribution >= 0.6 is 0 Å². The molecule has 5 nitrogen and oxygen atoms in total. The number of ether oxygens (including phenoxy) is 1. The Hall–Kier alpha value is -2.82. The third-order valence-electron chi connectivity index (χ3n) is 3.21. The van der Waals surface area contributed by atoms with Gasteiger partial charge in [-0.05, 0) is 24.3 Å². The van der Waals surface area contributed by atoms with Crippen LogP contribution in [0.2, 0.25) is 0 Å². The topological polar surface area (TPSA) is 53.9 Å². The van der Waals surface area contributed by atoms with Gasteiger partial charge in [0.2, 0.25) is 0 Å². The molecule has 1 aliphatic rings. The normalized spacial score (nSPS) is 13.7. The van der Waals surface area contributed by atoms with E-state index in [-0.39, 0.29) is 6.03 Å². The molecule has 1 heterocycles. The summed E-state index contributed by atoms with van der Waals surface area (Å²) < 4.78 is 5.57. The first kappa shape index (κ1) is 14.1. The van der Waals surface area contributed by atoms with E-state index in [2.05, 4.69) is 10.3 Å². The molecule has 0 saturated heterocycles. The molecule has 3 rings (SSSR count). The highest BCUT2D eigenvalue weighted by atomic mass is 16.5. The highest BCUT2D eigenvalue weighted by Crippen LogP contribution is 2.18. The van der Waals surface area contributed by atoms with Crippen molar-refractivity contribution in [3.05, 3.63) is 60.7 Å². The van der Waals surface area contributed by atoms with Crippen LogP contribution in [0.25, 0.3) is 0 Å². The molecule has 1 aliphatic heterocycles. The third kappa shape index (κ3) is 3.25. The maximum atomic E-state index is 12.7. The lowest BCUT2D eigenvalue weighted by molar-refractivity contribution is 0.250. The first-order valence-electron chi connectivity index (χ1n) is 7.23. The summed E-state index contributed by atoms with van der Waals surface area (Å²) in [5.74, 6) is 0. The van der Waals surface area contributed by atoms with Crippen LogP contribution in [0, 0.1) is 0 Å². The first-order chi connectivity index (χ1) is 10.8. The van der Waals surface area contributed by atoms with Gasteiger partial charge in [0.25, 0.3) is 6.02 Å². The minimum absolute atomic E-state index is 0.293. The number of anilines is 2. The molecule has 2 aromatic carbocycles. The Morgan fingerprint density at radius 2 is 1.73 bits per heavy atom. The summed E-state index contributed by atoms with van der Waals surface area (Å²) in [6.45, 7) is 1.23. The average molecular weight is 295 g/mol. The second-order valence-corrected chi connectivity index (χ2v) is 4.83. The number of amidine groups is 1. The Kier molecular flexibility index (Phi) is 4.34. The quantitative estimate of drug-likeness (QED) is 0.922. The molecule has 0 radical (unpaired) electrons. The standard InChI is InChI=1S/C17H17N3O2/c21-16(19-14-8-3-1-4-9-14)20(15-10-5-2-6-11-15)17-18-12-7-13-22-17/h1-6,8-11H,7,12-13H2,(H,19,21). The van der Waals surface area contributed by atoms with Crippen molar-refractivity contribution in [3.63, 3.8) is 0 Å². The summed E-state index contributed by atoms with van der Waals surface area (Å²) in [7, 11) is 0. The molecular formula is C17H17N3O2. The number of benzene rings is 2. The Bertz CT molecular complexity index is 656. The molecule has 0 spiro atoms. The number of hydrogen-bond acceptors (Lipinski definition) is 3. The number of hydrogen-bond donors (Lipinski definition) is 1. The van der Waals surface area contributed by atoms with E-state index >= 15 is 0 Å². The lowest BCUT2D eigenvalue weighted by atomic mass is 10.3. The fourth-order valence-electron chi connectivity index (χ4n) is 2.18. The van der Waals surface area contributed by atoms with Crippen molar-refractivity contribution in [3.8, 4) is 0 Å². The number of nitrogens with one attached hydrogen (secondary N) is 1. The molecule has 22 heavy (non-hydrogen) atoms. The fourth-order valence-corrected chi connectivity index (χ4v) is 2.18. The molecule has 0 aromatic heterocycles. The van der Waals surface area contributed by atoms with Gasteiger partial charge < -0.3 is 10.1 Å². The van der Waals surface area contributed by atoms with Crippen molar-refractivity contribution in [2.24, 2.45) is 4.99 Å². The molecule has 0 fully saturated rings. The van der Waals surface area contributed by atoms with Gasteiger partial charge in [-0.2, -0.15) is 0 Å². The number of aliphatic imine (C=N–C) groups is 1. The van der Waals surface area contributed by atoms with E-state index in [4.69, 9.17) is 4.74 Å². The van der Waals surface area contributed by atoms with Crippen molar-refractivity contribution >= 4 is 23.4 Å². The van der Waals surface area contributed by atoms with Crippen molar-refractivity contribution < 1.29 is 9.53 Å². The molecule has 0 saturated carbocycles. The third-order valence-corrected chi connectivity index (χ3v) is 3.21. The van der Waals surface area contributed by atoms with E-state index in [1.54, 1.807) is 0 Å². The van der Waals surface area contributed by atoms with Gasteiger partial charge in [0.05, 0.1) is 12.3 Å². The van der Waals surface area contributed by atoms with Crippen LogP contribution in [0.3, 0.4) is 0 Å². The summed E-state index contributed by atoms with van der Waals surface area (Å²) in [6, 6.07) is 18.7. The van der Waals surface area contributed by atoms with Crippen molar-refractivity contribution in [1.29, 1.82) is 0 Å². The zero-order valence-corrected chi connectivity index (χ0v) is 12.1. The van der Waals surface area contributed by atoms with E-state index < -0.39 is 0 Å². The Morgan fingerprint density at radius 3 is 2.36 bits per heavy atom. The minimum atomic E-state index is -0.293. The monoisotopic (exact) mass is 295 g/mol. The molecule has 112 valence electrons. The van der Waals surface area contributed by atoms with Crippen LogP contribution in [0.5, 0.6) is 0 Å². The van der Waals surface area contributed by atoms with Crippen molar-refractivity contribution in [2.75, 3.05) is 23.4 Å². The minimum Gasteiger partial charge on any atom is -0.464 e. The van der Waals surface area contributed by atoms with Gasteiger partial charge in [-0.3, -0.25) is 0 Å². The van der Waals surface area contributed by atoms with Crippen molar-refractivity contribution in [1.82, 2.24) is 0 Å². The van der Waals surface area contributed by atoms with Gasteiger partial charge >= 0.3 is 6.03 Å². The van der Waals surface area contributed by atoms with Crippen LogP contribution in [-0.4, -0.2) is 25.2 Å². The molecule has 5 heteroatoms. The first-order valence-corrected chi connectivity index (χ1v) is 7.23. The molecule has 0 bridgehead atoms. The van der Waals surface area contributed by atoms with Crippen LogP contribution in [0.4, 0.5) is 16.2 Å². The molecule has 0 unspecified atom stereocenters. The lowest BCUT2D eigenvalue weighted by Crippen LogP contribution is -2.42. The second kappa shape index (κ2) is 6.76. The number of para-hydroxylation sites is 2. The highest BCUT2D eigenvalue weighted by Gasteiger charge is 2.24. The lowest BCUT2D eigenvalue weighted by Gasteiger charge is -2.26. The SMILES string of the molecule is O=C(Nc1ccccc1)N(C1=NCCCO1)c1ccccc1. The molecular weight excluding hydrogens is 278 g/mol. The predicted molar refractivity (Wildman–Crippen MR) is 87.3 cm³/mol. The highest BCUT2D eigenvalue weighted by molar-refractivity contribution is 6.17. The Labute approximate surface area is 129 Å². The maximum Gasteiger partial charge on any atom is 0.334 e. The van der Waals surface area contributed by atoms with Gasteiger partial charge in [0.1, 0.15) is 0 Å². The average Bonchev–Trinajstić information content (AvgIpc) is 2.58. The Morgan fingerprint density at radius 1 is 1.05 bits per heavy atom. The molecule has 1 N–H and O–H groups in total. The summed E-state index contributed by atoms with van der Waals surface area (Å²) in [5.41, 5.74) is 1.45. The summed E-state index contributed by atoms with van der Waals surface area (Å²) in [6.07, 6.45) is 0.867. The summed E-state index contributed by atoms with van der Waals surface area (Å²) >= 11 is 0. The van der Waals surface area contributed by atoms with E-state index in [0.717, 1.165) is 17.8 Å². The number of rotatable bonds is 2. The number of carbonyl (C=O) groups excluding carboxylic acids is 1. The number of urea groups is 1. The zero-order chi connectivity index (χ0) is 15.2. The largest absolute Gasteiger partial charge is 0.464 e. The number of nitrogens with zero attached hydrogens (tertiary/aromatic N) is 2. The van der Waals surface area contributed by atoms with Gasteiger partial charge in [0.15, 0.2) is 0 Å². The van der Waals surface area contributed by atoms with Gasteiger partial charge in [-0.1, -0.05) is 36.4 Å². The van der Waals surface area contributed by atoms with E-state index in [0.29, 0.717) is 19.2 Å². The van der Waals surface area contributed by atoms with Crippen LogP contribution < -0.4 is 10.2 Å². The number of carbonyl (C=O) groups is 1. The molecule has 2 amide bonds. The summed E-state index contributed by atoms with van der Waals surface area (Å²) in [4.78, 5) is 18.5. The van der Waals surface area contributed by atoms with Gasteiger partial charge in [-0.25, -0.2) is 14.7 Å². The van der Waals surface area contributed by atoms with Gasteiger partial charge in [-0.15, -0.1) is 0 Å². The van der Waals surface area contributed by atoms with E-state index in [1.807, 2.05) is 60.7 Å². The maximum absolute atomic E-state index is 12.7. The predicted octanol–water partition coefficient (Wildman–Crippen LogP) is 3.50. The van der Waals surface area contributed by atoms with Crippen LogP contribution in [0.1, 0.15) is 6.42 Å². The second-order valence-electron chi connectivity index (χ2n) is 4.83. The van der Waals surface area contributed by atoms with Crippen LogP contribution in [0.15, 0.2) is 65.7 Å². The smallest absolute Gasteiger partial charge is 0.334 e. The molecule has 0 atom stereocenters. The summed E-state index contributed by atoms with van der Waals surface area (Å²) in [5, 5.41) is 2.86. The van der Waals surface area contributed by atoms with Crippen molar-refractivity contribution in [2.45, 2.75) is 6.42 Å². The fraction of sp³-hybridized carbons (Fsp3) is 0.176. The molecule has 2 aromatic rings. The Balaban J connectivity index is 1.88. The molecule has 0 aliphatic carbocycles. The van der Waals surface area contributed by atoms with E-state index in [1.165, 1.54) is 4.90 Å².